The van der Waals surface area contributed by atoms with Crippen molar-refractivity contribution in [1.29, 1.82) is 0 Å². The van der Waals surface area contributed by atoms with E-state index < -0.39 is 17.2 Å². The maximum atomic E-state index is 14.0. The highest BCUT2D eigenvalue weighted by molar-refractivity contribution is 6.33. The number of amides is 1. The molecular weight excluding hydrogens is 416 g/mol. The number of nitrogens with one attached hydrogen (secondary N) is 1. The molecule has 1 amide bonds. The number of benzene rings is 1. The van der Waals surface area contributed by atoms with Gasteiger partial charge in [-0.05, 0) is 44.0 Å². The highest BCUT2D eigenvalue weighted by Gasteiger charge is 2.23. The lowest BCUT2D eigenvalue weighted by Gasteiger charge is -2.34. The minimum Gasteiger partial charge on any atom is -0.372 e. The molecule has 0 atom stereocenters. The van der Waals surface area contributed by atoms with Crippen molar-refractivity contribution in [3.8, 4) is 5.69 Å². The maximum Gasteiger partial charge on any atom is 0.292 e. The molecule has 2 heterocycles. The van der Waals surface area contributed by atoms with Gasteiger partial charge in [-0.1, -0.05) is 11.6 Å². The quantitative estimate of drug-likeness (QED) is 0.746. The Morgan fingerprint density at radius 2 is 2.03 bits per heavy atom. The van der Waals surface area contributed by atoms with Gasteiger partial charge in [-0.3, -0.25) is 14.5 Å². The molecule has 162 valence electrons. The molecule has 30 heavy (non-hydrogen) atoms. The number of hydrogen-bond donors (Lipinski definition) is 1. The van der Waals surface area contributed by atoms with Gasteiger partial charge in [0.25, 0.3) is 5.56 Å². The first-order valence-electron chi connectivity index (χ1n) is 9.67. The Kier molecular flexibility index (Phi) is 7.04. The molecular formula is C20H24ClF2N5O2. The van der Waals surface area contributed by atoms with Crippen LogP contribution >= 0.6 is 11.6 Å². The third-order valence-corrected chi connectivity index (χ3v) is 5.69. The van der Waals surface area contributed by atoms with Gasteiger partial charge < -0.3 is 10.2 Å². The average molecular weight is 440 g/mol. The lowest BCUT2D eigenvalue weighted by Crippen LogP contribution is -2.42. The van der Waals surface area contributed by atoms with Gasteiger partial charge in [0, 0.05) is 26.7 Å². The van der Waals surface area contributed by atoms with E-state index >= 15 is 0 Å². The van der Waals surface area contributed by atoms with Crippen LogP contribution in [0.4, 0.5) is 14.5 Å². The van der Waals surface area contributed by atoms with E-state index in [9.17, 15) is 18.4 Å². The molecule has 1 fully saturated rings. The maximum absolute atomic E-state index is 14.0. The molecule has 2 aromatic rings. The number of likely N-dealkylation sites (tertiary alicyclic amines) is 1. The highest BCUT2D eigenvalue weighted by atomic mass is 35.5. The van der Waals surface area contributed by atoms with Crippen LogP contribution in [0, 0.1) is 17.6 Å². The minimum atomic E-state index is -0.898. The molecule has 10 heteroatoms. The number of piperidine rings is 1. The average Bonchev–Trinajstić information content (AvgIpc) is 2.72. The fraction of sp³-hybridized carbons (Fsp3) is 0.450. The fourth-order valence-corrected chi connectivity index (χ4v) is 3.88. The van der Waals surface area contributed by atoms with E-state index in [-0.39, 0.29) is 16.6 Å². The molecule has 7 nitrogen and oxygen atoms in total. The molecule has 1 N–H and O–H groups in total. The number of rotatable bonds is 6. The molecule has 0 saturated carbocycles. The second-order valence-corrected chi connectivity index (χ2v) is 7.81. The van der Waals surface area contributed by atoms with Crippen LogP contribution in [0.2, 0.25) is 5.02 Å². The normalized spacial score (nSPS) is 15.2. The summed E-state index contributed by atoms with van der Waals surface area (Å²) < 4.78 is 28.0. The van der Waals surface area contributed by atoms with Crippen LogP contribution in [0.5, 0.6) is 0 Å². The molecule has 1 aromatic carbocycles. The summed E-state index contributed by atoms with van der Waals surface area (Å²) >= 11 is 6.28. The summed E-state index contributed by atoms with van der Waals surface area (Å²) in [4.78, 5) is 28.1. The van der Waals surface area contributed by atoms with Gasteiger partial charge in [-0.25, -0.2) is 8.78 Å². The molecule has 0 unspecified atom stereocenters. The summed E-state index contributed by atoms with van der Waals surface area (Å²) in [6.45, 7) is 2.71. The standard InChI is InChI=1S/C20H24ClF2N5O2/c1-24-18(29)12-27-7-5-13(6-8-27)11-26(2)17-10-25-28(20(30)19(17)21)16-4-3-14(22)9-15(16)23/h3-4,9-10,13H,5-8,11-12H2,1-2H3,(H,24,29). The number of carbonyl (C=O) groups is 1. The second kappa shape index (κ2) is 9.53. The van der Waals surface area contributed by atoms with Crippen LogP contribution in [0.1, 0.15) is 12.8 Å². The predicted octanol–water partition coefficient (Wildman–Crippen LogP) is 2.06. The lowest BCUT2D eigenvalue weighted by molar-refractivity contribution is -0.122. The van der Waals surface area contributed by atoms with Gasteiger partial charge in [0.05, 0.1) is 18.4 Å². The molecule has 0 aliphatic carbocycles. The molecule has 1 aromatic heterocycles. The van der Waals surface area contributed by atoms with E-state index in [1.165, 1.54) is 6.20 Å². The number of anilines is 1. The van der Waals surface area contributed by atoms with Crippen LogP contribution < -0.4 is 15.8 Å². The van der Waals surface area contributed by atoms with Crippen molar-refractivity contribution in [3.05, 3.63) is 51.4 Å². The zero-order chi connectivity index (χ0) is 21.8. The summed E-state index contributed by atoms with van der Waals surface area (Å²) in [5, 5.41) is 6.58. The Morgan fingerprint density at radius 1 is 1.33 bits per heavy atom. The topological polar surface area (TPSA) is 70.5 Å². The van der Waals surface area contributed by atoms with Gasteiger partial charge in [-0.15, -0.1) is 0 Å². The number of likely N-dealkylation sites (N-methyl/N-ethyl adjacent to an activating group) is 1. The third-order valence-electron chi connectivity index (χ3n) is 5.33. The van der Waals surface area contributed by atoms with Gasteiger partial charge in [-0.2, -0.15) is 9.78 Å². The molecule has 3 rings (SSSR count). The van der Waals surface area contributed by atoms with E-state index in [2.05, 4.69) is 15.3 Å². The van der Waals surface area contributed by atoms with Crippen molar-refractivity contribution in [3.63, 3.8) is 0 Å². The molecule has 0 spiro atoms. The highest BCUT2D eigenvalue weighted by Crippen LogP contribution is 2.25. The number of hydrogen-bond acceptors (Lipinski definition) is 5. The Morgan fingerprint density at radius 3 is 2.67 bits per heavy atom. The van der Waals surface area contributed by atoms with Gasteiger partial charge in [0.1, 0.15) is 16.5 Å². The van der Waals surface area contributed by atoms with Crippen molar-refractivity contribution in [2.75, 3.05) is 45.2 Å². The van der Waals surface area contributed by atoms with E-state index in [4.69, 9.17) is 11.6 Å². The molecule has 0 radical (unpaired) electrons. The molecule has 1 aliphatic heterocycles. The van der Waals surface area contributed by atoms with Gasteiger partial charge in [0.15, 0.2) is 5.82 Å². The summed E-state index contributed by atoms with van der Waals surface area (Å²) in [5.41, 5.74) is -0.388. The number of halogens is 3. The largest absolute Gasteiger partial charge is 0.372 e. The lowest BCUT2D eigenvalue weighted by atomic mass is 9.96. The summed E-state index contributed by atoms with van der Waals surface area (Å²) in [6.07, 6.45) is 3.25. The predicted molar refractivity (Wildman–Crippen MR) is 111 cm³/mol. The summed E-state index contributed by atoms with van der Waals surface area (Å²) in [7, 11) is 3.45. The van der Waals surface area contributed by atoms with Crippen LogP contribution in [-0.4, -0.2) is 60.9 Å². The first-order chi connectivity index (χ1) is 14.3. The van der Waals surface area contributed by atoms with E-state index in [0.717, 1.165) is 42.7 Å². The van der Waals surface area contributed by atoms with Crippen molar-refractivity contribution in [1.82, 2.24) is 20.0 Å². The van der Waals surface area contributed by atoms with Crippen LogP contribution in [-0.2, 0) is 4.79 Å². The number of aromatic nitrogens is 2. The molecule has 0 bridgehead atoms. The minimum absolute atomic E-state index is 0.00146. The summed E-state index contributed by atoms with van der Waals surface area (Å²) in [5.74, 6) is -1.26. The van der Waals surface area contributed by atoms with Crippen molar-refractivity contribution < 1.29 is 13.6 Å². The van der Waals surface area contributed by atoms with Gasteiger partial charge in [0.2, 0.25) is 5.91 Å². The van der Waals surface area contributed by atoms with Crippen molar-refractivity contribution in [2.24, 2.45) is 5.92 Å². The van der Waals surface area contributed by atoms with Crippen LogP contribution in [0.15, 0.2) is 29.2 Å². The molecule has 1 aliphatic rings. The van der Waals surface area contributed by atoms with Crippen molar-refractivity contribution >= 4 is 23.2 Å². The van der Waals surface area contributed by atoms with Crippen LogP contribution in [0.3, 0.4) is 0 Å². The first kappa shape index (κ1) is 22.2. The van der Waals surface area contributed by atoms with Crippen LogP contribution in [0.25, 0.3) is 5.69 Å². The Labute approximate surface area is 178 Å². The Bertz CT molecular complexity index is 976. The Balaban J connectivity index is 1.69. The molecule has 1 saturated heterocycles. The number of nitrogens with zero attached hydrogens (tertiary/aromatic N) is 4. The van der Waals surface area contributed by atoms with Crippen molar-refractivity contribution in [2.45, 2.75) is 12.8 Å². The zero-order valence-electron chi connectivity index (χ0n) is 16.9. The van der Waals surface area contributed by atoms with Gasteiger partial charge >= 0.3 is 0 Å². The third kappa shape index (κ3) is 4.96. The van der Waals surface area contributed by atoms with E-state index in [1.807, 2.05) is 11.9 Å². The Hall–Kier alpha value is -2.52. The zero-order valence-corrected chi connectivity index (χ0v) is 17.6. The number of carbonyl (C=O) groups excluding carboxylic acids is 1. The first-order valence-corrected chi connectivity index (χ1v) is 10.0. The second-order valence-electron chi connectivity index (χ2n) is 7.43. The smallest absolute Gasteiger partial charge is 0.292 e. The SMILES string of the molecule is CNC(=O)CN1CCC(CN(C)c2cnn(-c3ccc(F)cc3F)c(=O)c2Cl)CC1. The monoisotopic (exact) mass is 439 g/mol. The van der Waals surface area contributed by atoms with E-state index in [1.54, 1.807) is 7.05 Å². The fourth-order valence-electron chi connectivity index (χ4n) is 3.61. The summed E-state index contributed by atoms with van der Waals surface area (Å²) in [6, 6.07) is 2.89. The van der Waals surface area contributed by atoms with E-state index in [0.29, 0.717) is 30.8 Å².